The van der Waals surface area contributed by atoms with Crippen molar-refractivity contribution in [1.29, 1.82) is 0 Å². The van der Waals surface area contributed by atoms with Crippen LogP contribution in [0.2, 0.25) is 0 Å². The van der Waals surface area contributed by atoms with Crippen LogP contribution < -0.4 is 5.32 Å². The highest BCUT2D eigenvalue weighted by Crippen LogP contribution is 2.22. The molecule has 2 N–H and O–H groups in total. The Balaban J connectivity index is 2.07. The molecule has 21 heavy (non-hydrogen) atoms. The van der Waals surface area contributed by atoms with Gasteiger partial charge in [-0.1, -0.05) is 6.92 Å². The van der Waals surface area contributed by atoms with E-state index in [4.69, 9.17) is 5.11 Å². The maximum Gasteiger partial charge on any atom is 0.328 e. The minimum atomic E-state index is -0.991. The van der Waals surface area contributed by atoms with Crippen LogP contribution in [0.25, 0.3) is 6.08 Å². The number of imide groups is 1. The van der Waals surface area contributed by atoms with Crippen molar-refractivity contribution < 1.29 is 19.5 Å². The lowest BCUT2D eigenvalue weighted by atomic mass is 10.1. The number of rotatable bonds is 5. The molecule has 1 atom stereocenters. The van der Waals surface area contributed by atoms with Crippen LogP contribution in [0.5, 0.6) is 0 Å². The van der Waals surface area contributed by atoms with Crippen molar-refractivity contribution in [2.24, 2.45) is 0 Å². The van der Waals surface area contributed by atoms with Crippen molar-refractivity contribution in [3.05, 3.63) is 28.0 Å². The molecule has 2 heterocycles. The third-order valence-electron chi connectivity index (χ3n) is 3.17. The summed E-state index contributed by atoms with van der Waals surface area (Å²) in [7, 11) is 0. The molecule has 1 fully saturated rings. The van der Waals surface area contributed by atoms with Gasteiger partial charge in [-0.05, 0) is 24.6 Å². The van der Waals surface area contributed by atoms with Gasteiger partial charge in [0.2, 0.25) is 11.8 Å². The van der Waals surface area contributed by atoms with Crippen molar-refractivity contribution in [1.82, 2.24) is 10.2 Å². The molecule has 1 aromatic rings. The van der Waals surface area contributed by atoms with Gasteiger partial charge in [-0.3, -0.25) is 19.8 Å². The second kappa shape index (κ2) is 6.64. The lowest BCUT2D eigenvalue weighted by Crippen LogP contribution is -2.57. The van der Waals surface area contributed by atoms with Crippen LogP contribution in [0.15, 0.2) is 18.2 Å². The summed E-state index contributed by atoms with van der Waals surface area (Å²) in [6, 6.07) is 3.41. The molecule has 1 saturated heterocycles. The van der Waals surface area contributed by atoms with Gasteiger partial charge in [-0.25, -0.2) is 4.79 Å². The first-order valence-corrected chi connectivity index (χ1v) is 7.38. The van der Waals surface area contributed by atoms with Crippen LogP contribution in [0.4, 0.5) is 0 Å². The van der Waals surface area contributed by atoms with E-state index in [9.17, 15) is 14.4 Å². The fraction of sp³-hybridized carbons (Fsp3) is 0.357. The van der Waals surface area contributed by atoms with Gasteiger partial charge >= 0.3 is 5.97 Å². The fourth-order valence-corrected chi connectivity index (χ4v) is 3.19. The summed E-state index contributed by atoms with van der Waals surface area (Å²) in [5.74, 6) is -1.53. The Bertz CT molecular complexity index is 594. The highest BCUT2D eigenvalue weighted by molar-refractivity contribution is 7.12. The number of hydrogen-bond donors (Lipinski definition) is 2. The molecule has 1 aliphatic rings. The number of aliphatic carboxylic acids is 1. The molecule has 0 aliphatic carbocycles. The molecule has 0 spiro atoms. The highest BCUT2D eigenvalue weighted by Gasteiger charge is 2.32. The zero-order valence-corrected chi connectivity index (χ0v) is 12.4. The molecule has 7 heteroatoms. The predicted octanol–water partition coefficient (Wildman–Crippen LogP) is 1.08. The van der Waals surface area contributed by atoms with E-state index in [2.05, 4.69) is 5.32 Å². The van der Waals surface area contributed by atoms with Crippen LogP contribution in [0, 0.1) is 0 Å². The molecule has 0 radical (unpaired) electrons. The number of hydrogen-bond acceptors (Lipinski definition) is 5. The monoisotopic (exact) mass is 308 g/mol. The van der Waals surface area contributed by atoms with Crippen molar-refractivity contribution in [3.8, 4) is 0 Å². The van der Waals surface area contributed by atoms with Crippen LogP contribution in [0.3, 0.4) is 0 Å². The van der Waals surface area contributed by atoms with Gasteiger partial charge in [0.25, 0.3) is 0 Å². The third kappa shape index (κ3) is 3.99. The molecule has 1 aromatic heterocycles. The van der Waals surface area contributed by atoms with E-state index in [1.54, 1.807) is 0 Å². The topological polar surface area (TPSA) is 86.7 Å². The fourth-order valence-electron chi connectivity index (χ4n) is 2.25. The minimum absolute atomic E-state index is 0.197. The molecule has 0 bridgehead atoms. The molecular weight excluding hydrogens is 292 g/mol. The van der Waals surface area contributed by atoms with E-state index in [1.165, 1.54) is 17.4 Å². The lowest BCUT2D eigenvalue weighted by molar-refractivity contribution is -0.140. The highest BCUT2D eigenvalue weighted by atomic mass is 32.1. The lowest BCUT2D eigenvalue weighted by Gasteiger charge is -2.32. The smallest absolute Gasteiger partial charge is 0.328 e. The van der Waals surface area contributed by atoms with Gasteiger partial charge < -0.3 is 5.11 Å². The molecule has 0 aromatic carbocycles. The Morgan fingerprint density at radius 1 is 1.52 bits per heavy atom. The number of nitrogens with one attached hydrogen (secondary N) is 1. The molecule has 0 saturated carbocycles. The standard InChI is InChI=1S/C14H16N2O4S/c1-2-11-14(20)15-12(17)8-16(11)7-10-4-3-9(21-10)5-6-13(18)19/h3-6,11H,2,7-8H2,1H3,(H,18,19)(H,15,17,20). The van der Waals surface area contributed by atoms with Gasteiger partial charge in [0.05, 0.1) is 12.6 Å². The number of carboxylic acid groups (broad SMARTS) is 1. The maximum absolute atomic E-state index is 11.8. The first-order valence-electron chi connectivity index (χ1n) is 6.57. The van der Waals surface area contributed by atoms with E-state index in [0.29, 0.717) is 13.0 Å². The van der Waals surface area contributed by atoms with Crippen LogP contribution in [-0.4, -0.2) is 40.4 Å². The van der Waals surface area contributed by atoms with E-state index < -0.39 is 5.97 Å². The maximum atomic E-state index is 11.8. The van der Waals surface area contributed by atoms with Crippen LogP contribution in [-0.2, 0) is 20.9 Å². The number of nitrogens with zero attached hydrogens (tertiary/aromatic N) is 1. The Morgan fingerprint density at radius 2 is 2.29 bits per heavy atom. The number of amides is 2. The van der Waals surface area contributed by atoms with Gasteiger partial charge in [-0.15, -0.1) is 11.3 Å². The SMILES string of the molecule is CCC1C(=O)NC(=O)CN1Cc1ccc(C=CC(=O)O)s1. The average molecular weight is 308 g/mol. The minimum Gasteiger partial charge on any atom is -0.478 e. The summed E-state index contributed by atoms with van der Waals surface area (Å²) in [5, 5.41) is 10.9. The Labute approximate surface area is 126 Å². The number of carbonyl (C=O) groups is 3. The molecule has 2 rings (SSSR count). The number of piperazine rings is 1. The van der Waals surface area contributed by atoms with E-state index in [1.807, 2.05) is 24.0 Å². The molecule has 112 valence electrons. The number of carbonyl (C=O) groups excluding carboxylic acids is 2. The Morgan fingerprint density at radius 3 is 2.95 bits per heavy atom. The Kier molecular flexibility index (Phi) is 4.87. The molecule has 6 nitrogen and oxygen atoms in total. The number of thiophene rings is 1. The summed E-state index contributed by atoms with van der Waals surface area (Å²) in [4.78, 5) is 37.4. The van der Waals surface area contributed by atoms with Crippen molar-refractivity contribution in [2.75, 3.05) is 6.54 Å². The second-order valence-electron chi connectivity index (χ2n) is 4.72. The number of carboxylic acids is 1. The van der Waals surface area contributed by atoms with Crippen molar-refractivity contribution in [3.63, 3.8) is 0 Å². The van der Waals surface area contributed by atoms with E-state index in [0.717, 1.165) is 15.8 Å². The predicted molar refractivity (Wildman–Crippen MR) is 78.6 cm³/mol. The first-order chi connectivity index (χ1) is 9.99. The quantitative estimate of drug-likeness (QED) is 0.628. The largest absolute Gasteiger partial charge is 0.478 e. The van der Waals surface area contributed by atoms with Gasteiger partial charge in [0.15, 0.2) is 0 Å². The second-order valence-corrected chi connectivity index (χ2v) is 5.92. The molecule has 1 aliphatic heterocycles. The normalized spacial score (nSPS) is 20.0. The van der Waals surface area contributed by atoms with Gasteiger partial charge in [0, 0.05) is 22.4 Å². The summed E-state index contributed by atoms with van der Waals surface area (Å²) < 4.78 is 0. The zero-order chi connectivity index (χ0) is 15.4. The zero-order valence-electron chi connectivity index (χ0n) is 11.5. The van der Waals surface area contributed by atoms with E-state index in [-0.39, 0.29) is 24.4 Å². The summed E-state index contributed by atoms with van der Waals surface area (Å²) in [5.41, 5.74) is 0. The molecule has 1 unspecified atom stereocenters. The molecule has 2 amide bonds. The van der Waals surface area contributed by atoms with Gasteiger partial charge in [0.1, 0.15) is 0 Å². The Hall–Kier alpha value is -1.99. The van der Waals surface area contributed by atoms with Crippen molar-refractivity contribution in [2.45, 2.75) is 25.9 Å². The van der Waals surface area contributed by atoms with Crippen LogP contribution >= 0.6 is 11.3 Å². The summed E-state index contributed by atoms with van der Waals surface area (Å²) in [6.45, 7) is 2.61. The van der Waals surface area contributed by atoms with Crippen LogP contribution in [0.1, 0.15) is 23.1 Å². The van der Waals surface area contributed by atoms with Gasteiger partial charge in [-0.2, -0.15) is 0 Å². The van der Waals surface area contributed by atoms with Crippen molar-refractivity contribution >= 4 is 35.2 Å². The first kappa shape index (κ1) is 15.4. The summed E-state index contributed by atoms with van der Waals surface area (Å²) >= 11 is 1.45. The van der Waals surface area contributed by atoms with E-state index >= 15 is 0 Å². The summed E-state index contributed by atoms with van der Waals surface area (Å²) in [6.07, 6.45) is 3.25. The molecular formula is C14H16N2O4S. The third-order valence-corrected chi connectivity index (χ3v) is 4.21. The average Bonchev–Trinajstić information content (AvgIpc) is 2.83.